The maximum Gasteiger partial charge on any atom is 0.257 e. The summed E-state index contributed by atoms with van der Waals surface area (Å²) < 4.78 is 0.912. The molecule has 2 aromatic carbocycles. The first kappa shape index (κ1) is 20.3. The number of nitrogens with zero attached hydrogens (tertiary/aromatic N) is 1. The Morgan fingerprint density at radius 3 is 2.71 bits per heavy atom. The minimum absolute atomic E-state index is 0.103. The molecule has 2 aliphatic rings. The molecule has 0 amide bonds. The molecule has 1 aromatic heterocycles. The lowest BCUT2D eigenvalue weighted by atomic mass is 9.76. The summed E-state index contributed by atoms with van der Waals surface area (Å²) in [6.45, 7) is 0. The van der Waals surface area contributed by atoms with E-state index in [2.05, 4.69) is 38.4 Å². The molecule has 0 saturated carbocycles. The first-order valence-corrected chi connectivity index (χ1v) is 12.0. The fraction of sp³-hybridized carbons (Fsp3) is 0.208. The van der Waals surface area contributed by atoms with Crippen LogP contribution in [0.5, 0.6) is 0 Å². The van der Waals surface area contributed by atoms with Gasteiger partial charge < -0.3 is 10.3 Å². The molecule has 0 spiro atoms. The molecule has 31 heavy (non-hydrogen) atoms. The van der Waals surface area contributed by atoms with E-state index in [0.29, 0.717) is 34.3 Å². The van der Waals surface area contributed by atoms with Gasteiger partial charge in [0, 0.05) is 33.8 Å². The van der Waals surface area contributed by atoms with Crippen molar-refractivity contribution in [3.05, 3.63) is 97.4 Å². The summed E-state index contributed by atoms with van der Waals surface area (Å²) >= 11 is 5.02. The Balaban J connectivity index is 1.58. The van der Waals surface area contributed by atoms with E-state index >= 15 is 0 Å². The van der Waals surface area contributed by atoms with Crippen LogP contribution in [0, 0.1) is 0 Å². The zero-order valence-corrected chi connectivity index (χ0v) is 19.1. The van der Waals surface area contributed by atoms with Gasteiger partial charge >= 0.3 is 0 Å². The normalized spacial score (nSPS) is 17.7. The zero-order chi connectivity index (χ0) is 21.4. The number of nitrogens with one attached hydrogen (secondary N) is 2. The molecule has 156 valence electrons. The van der Waals surface area contributed by atoms with Gasteiger partial charge in [-0.1, -0.05) is 70.2 Å². The van der Waals surface area contributed by atoms with Crippen molar-refractivity contribution >= 4 is 39.3 Å². The van der Waals surface area contributed by atoms with E-state index in [1.54, 1.807) is 0 Å². The predicted octanol–water partition coefficient (Wildman–Crippen LogP) is 5.39. The molecule has 7 heteroatoms. The SMILES string of the molecule is O=C1CCCC2=C1[C@@H](c1cccc(Br)c1)c1c(nc(SCc3ccccc3)[nH]c1=O)N2. The van der Waals surface area contributed by atoms with E-state index in [1.807, 2.05) is 42.5 Å². The minimum Gasteiger partial charge on any atom is -0.343 e. The fourth-order valence-corrected chi connectivity index (χ4v) is 5.49. The van der Waals surface area contributed by atoms with Crippen LogP contribution in [0.2, 0.25) is 0 Å². The van der Waals surface area contributed by atoms with Crippen molar-refractivity contribution in [1.29, 1.82) is 0 Å². The van der Waals surface area contributed by atoms with Gasteiger partial charge in [-0.2, -0.15) is 0 Å². The van der Waals surface area contributed by atoms with Gasteiger partial charge in [0.1, 0.15) is 5.82 Å². The van der Waals surface area contributed by atoms with Crippen molar-refractivity contribution in [2.75, 3.05) is 5.32 Å². The third kappa shape index (κ3) is 4.00. The Bertz CT molecular complexity index is 1250. The number of aromatic amines is 1. The molecule has 5 rings (SSSR count). The van der Waals surface area contributed by atoms with Crippen LogP contribution in [0.15, 0.2) is 80.3 Å². The molecule has 3 aromatic rings. The van der Waals surface area contributed by atoms with Gasteiger partial charge in [-0.25, -0.2) is 4.98 Å². The predicted molar refractivity (Wildman–Crippen MR) is 126 cm³/mol. The first-order chi connectivity index (χ1) is 15.1. The Hall–Kier alpha value is -2.64. The van der Waals surface area contributed by atoms with Crippen LogP contribution in [0.4, 0.5) is 5.82 Å². The summed E-state index contributed by atoms with van der Waals surface area (Å²) in [6.07, 6.45) is 2.10. The number of anilines is 1. The third-order valence-electron chi connectivity index (χ3n) is 5.64. The van der Waals surface area contributed by atoms with Gasteiger partial charge in [-0.3, -0.25) is 9.59 Å². The van der Waals surface area contributed by atoms with Crippen molar-refractivity contribution in [2.45, 2.75) is 36.1 Å². The van der Waals surface area contributed by atoms with Crippen LogP contribution in [-0.4, -0.2) is 15.8 Å². The van der Waals surface area contributed by atoms with Gasteiger partial charge in [0.25, 0.3) is 5.56 Å². The lowest BCUT2D eigenvalue weighted by Crippen LogP contribution is -2.32. The molecular formula is C24H20BrN3O2S. The van der Waals surface area contributed by atoms with E-state index in [1.165, 1.54) is 11.8 Å². The Morgan fingerprint density at radius 1 is 1.06 bits per heavy atom. The lowest BCUT2D eigenvalue weighted by molar-refractivity contribution is -0.116. The van der Waals surface area contributed by atoms with Crippen LogP contribution >= 0.6 is 27.7 Å². The highest BCUT2D eigenvalue weighted by atomic mass is 79.9. The molecule has 0 unspecified atom stereocenters. The molecule has 0 saturated heterocycles. The van der Waals surface area contributed by atoms with Gasteiger partial charge in [0.15, 0.2) is 10.9 Å². The number of aromatic nitrogens is 2. The van der Waals surface area contributed by atoms with E-state index in [-0.39, 0.29) is 11.3 Å². The number of hydrogen-bond donors (Lipinski definition) is 2. The molecule has 0 radical (unpaired) electrons. The number of allylic oxidation sites excluding steroid dienone is 2. The van der Waals surface area contributed by atoms with Gasteiger partial charge in [-0.05, 0) is 36.1 Å². The van der Waals surface area contributed by atoms with Gasteiger partial charge in [0.2, 0.25) is 0 Å². The fourth-order valence-electron chi connectivity index (χ4n) is 4.25. The summed E-state index contributed by atoms with van der Waals surface area (Å²) in [4.78, 5) is 33.8. The van der Waals surface area contributed by atoms with Crippen molar-refractivity contribution in [3.8, 4) is 0 Å². The maximum atomic E-state index is 13.3. The molecule has 2 heterocycles. The first-order valence-electron chi connectivity index (χ1n) is 10.2. The molecule has 1 atom stereocenters. The Labute approximate surface area is 192 Å². The maximum absolute atomic E-state index is 13.3. The summed E-state index contributed by atoms with van der Waals surface area (Å²) in [5.74, 6) is 0.953. The van der Waals surface area contributed by atoms with Crippen LogP contribution in [0.1, 0.15) is 41.9 Å². The smallest absolute Gasteiger partial charge is 0.257 e. The quantitative estimate of drug-likeness (QED) is 0.376. The van der Waals surface area contributed by atoms with Crippen molar-refractivity contribution in [2.24, 2.45) is 0 Å². The van der Waals surface area contributed by atoms with Crippen LogP contribution < -0.4 is 10.9 Å². The van der Waals surface area contributed by atoms with Crippen LogP contribution in [0.25, 0.3) is 0 Å². The summed E-state index contributed by atoms with van der Waals surface area (Å²) in [5, 5.41) is 3.89. The van der Waals surface area contributed by atoms with E-state index in [4.69, 9.17) is 4.98 Å². The number of carbonyl (C=O) groups is 1. The average molecular weight is 494 g/mol. The number of Topliss-reactive ketones (excluding diaryl/α,β-unsaturated/α-hetero) is 1. The topological polar surface area (TPSA) is 74.8 Å². The molecule has 1 aliphatic heterocycles. The summed E-state index contributed by atoms with van der Waals surface area (Å²) in [5.41, 5.74) is 3.98. The van der Waals surface area contributed by atoms with Crippen LogP contribution in [-0.2, 0) is 10.5 Å². The molecule has 5 nitrogen and oxygen atoms in total. The summed E-state index contributed by atoms with van der Waals surface area (Å²) in [7, 11) is 0. The van der Waals surface area contributed by atoms with E-state index in [9.17, 15) is 9.59 Å². The number of thioether (sulfide) groups is 1. The summed E-state index contributed by atoms with van der Waals surface area (Å²) in [6, 6.07) is 17.9. The largest absolute Gasteiger partial charge is 0.343 e. The highest BCUT2D eigenvalue weighted by Crippen LogP contribution is 2.43. The van der Waals surface area contributed by atoms with Crippen molar-refractivity contribution in [1.82, 2.24) is 9.97 Å². The van der Waals surface area contributed by atoms with Gasteiger partial charge in [0.05, 0.1) is 5.56 Å². The lowest BCUT2D eigenvalue weighted by Gasteiger charge is -2.32. The second-order valence-corrected chi connectivity index (χ2v) is 9.57. The Morgan fingerprint density at radius 2 is 1.90 bits per heavy atom. The number of rotatable bonds is 4. The highest BCUT2D eigenvalue weighted by molar-refractivity contribution is 9.10. The molecule has 2 N–H and O–H groups in total. The van der Waals surface area contributed by atoms with E-state index in [0.717, 1.165) is 34.1 Å². The second kappa shape index (κ2) is 8.48. The number of carbonyl (C=O) groups excluding carboxylic acids is 1. The molecule has 0 bridgehead atoms. The standard InChI is InChI=1S/C24H20BrN3O2S/c25-16-9-4-8-15(12-16)19-20-17(10-5-11-18(20)29)26-22-21(19)23(30)28-24(27-22)31-13-14-6-2-1-3-7-14/h1-4,6-9,12,19H,5,10-11,13H2,(H2,26,27,28,30)/t19-/m1/s1. The van der Waals surface area contributed by atoms with Crippen LogP contribution in [0.3, 0.4) is 0 Å². The number of ketones is 1. The monoisotopic (exact) mass is 493 g/mol. The zero-order valence-electron chi connectivity index (χ0n) is 16.7. The number of H-pyrrole nitrogens is 1. The second-order valence-electron chi connectivity index (χ2n) is 7.69. The minimum atomic E-state index is -0.416. The number of benzene rings is 2. The number of hydrogen-bond acceptors (Lipinski definition) is 5. The van der Waals surface area contributed by atoms with Gasteiger partial charge in [-0.15, -0.1) is 0 Å². The molecule has 1 aliphatic carbocycles. The molecule has 0 fully saturated rings. The number of halogens is 1. The van der Waals surface area contributed by atoms with Crippen molar-refractivity contribution < 1.29 is 4.79 Å². The number of fused-ring (bicyclic) bond motifs is 1. The average Bonchev–Trinajstić information content (AvgIpc) is 2.77. The third-order valence-corrected chi connectivity index (χ3v) is 7.07. The van der Waals surface area contributed by atoms with Crippen molar-refractivity contribution in [3.63, 3.8) is 0 Å². The highest BCUT2D eigenvalue weighted by Gasteiger charge is 2.37. The Kier molecular flexibility index (Phi) is 5.54. The molecular weight excluding hydrogens is 474 g/mol. The van der Waals surface area contributed by atoms with E-state index < -0.39 is 5.92 Å².